The highest BCUT2D eigenvalue weighted by Crippen LogP contribution is 2.38. The lowest BCUT2D eigenvalue weighted by molar-refractivity contribution is 0.0161. The number of esters is 1. The van der Waals surface area contributed by atoms with Gasteiger partial charge in [0.25, 0.3) is 5.91 Å². The standard InChI is InChI=1S/C26H22FNO6S/c27-19-10-7-17(8-11-19)15-28-22-14-18(26(30)34-16-20-4-3-13-33-20)9-12-24(22)35(31,32)23-6-2-1-5-21(23)25(28)29/h1-2,5-12,14,20H,3-4,13,15-16H2/t20-/m0/s1. The average Bonchev–Trinajstić information content (AvgIpc) is 3.38. The lowest BCUT2D eigenvalue weighted by Gasteiger charge is -2.23. The number of carbonyl (C=O) groups is 2. The van der Waals surface area contributed by atoms with Gasteiger partial charge in [0.1, 0.15) is 12.4 Å². The Labute approximate surface area is 202 Å². The molecule has 0 N–H and O–H groups in total. The van der Waals surface area contributed by atoms with E-state index in [1.54, 1.807) is 12.1 Å². The number of nitrogens with zero attached hydrogens (tertiary/aromatic N) is 1. The van der Waals surface area contributed by atoms with E-state index in [2.05, 4.69) is 0 Å². The highest BCUT2D eigenvalue weighted by Gasteiger charge is 2.36. The first-order chi connectivity index (χ1) is 16.8. The molecular formula is C26H22FNO6S. The van der Waals surface area contributed by atoms with Crippen molar-refractivity contribution in [2.24, 2.45) is 0 Å². The van der Waals surface area contributed by atoms with Gasteiger partial charge in [-0.25, -0.2) is 17.6 Å². The van der Waals surface area contributed by atoms with Gasteiger partial charge in [0, 0.05) is 6.61 Å². The fraction of sp³-hybridized carbons (Fsp3) is 0.231. The van der Waals surface area contributed by atoms with Crippen molar-refractivity contribution in [3.63, 3.8) is 0 Å². The topological polar surface area (TPSA) is 90.0 Å². The first kappa shape index (κ1) is 23.2. The second-order valence-electron chi connectivity index (χ2n) is 8.43. The average molecular weight is 496 g/mol. The summed E-state index contributed by atoms with van der Waals surface area (Å²) in [6.45, 7) is 0.697. The molecule has 9 heteroatoms. The van der Waals surface area contributed by atoms with Crippen molar-refractivity contribution >= 4 is 27.4 Å². The molecule has 0 radical (unpaired) electrons. The first-order valence-electron chi connectivity index (χ1n) is 11.2. The molecule has 1 amide bonds. The van der Waals surface area contributed by atoms with Crippen LogP contribution in [0.3, 0.4) is 0 Å². The van der Waals surface area contributed by atoms with Crippen molar-refractivity contribution in [1.82, 2.24) is 0 Å². The van der Waals surface area contributed by atoms with E-state index in [9.17, 15) is 22.4 Å². The Morgan fingerprint density at radius 3 is 2.57 bits per heavy atom. The third-order valence-electron chi connectivity index (χ3n) is 6.11. The normalized spacial score (nSPS) is 18.5. The van der Waals surface area contributed by atoms with E-state index >= 15 is 0 Å². The fourth-order valence-electron chi connectivity index (χ4n) is 4.29. The van der Waals surface area contributed by atoms with Crippen molar-refractivity contribution < 1.29 is 31.9 Å². The van der Waals surface area contributed by atoms with E-state index in [1.807, 2.05) is 0 Å². The highest BCUT2D eigenvalue weighted by molar-refractivity contribution is 7.91. The van der Waals surface area contributed by atoms with E-state index in [0.717, 1.165) is 12.8 Å². The predicted molar refractivity (Wildman–Crippen MR) is 125 cm³/mol. The Hall–Kier alpha value is -3.56. The van der Waals surface area contributed by atoms with Crippen molar-refractivity contribution in [3.8, 4) is 0 Å². The molecule has 2 aliphatic rings. The van der Waals surface area contributed by atoms with Crippen molar-refractivity contribution in [2.45, 2.75) is 35.3 Å². The molecule has 3 aromatic carbocycles. The summed E-state index contributed by atoms with van der Waals surface area (Å²) in [6.07, 6.45) is 1.54. The van der Waals surface area contributed by atoms with E-state index in [0.29, 0.717) is 12.2 Å². The van der Waals surface area contributed by atoms with Crippen LogP contribution in [-0.2, 0) is 25.9 Å². The summed E-state index contributed by atoms with van der Waals surface area (Å²) in [5, 5.41) is 0. The Bertz CT molecular complexity index is 1400. The van der Waals surface area contributed by atoms with Crippen LogP contribution in [0.15, 0.2) is 76.5 Å². The lowest BCUT2D eigenvalue weighted by Crippen LogP contribution is -2.30. The third-order valence-corrected chi connectivity index (χ3v) is 7.96. The largest absolute Gasteiger partial charge is 0.459 e. The summed E-state index contributed by atoms with van der Waals surface area (Å²) >= 11 is 0. The van der Waals surface area contributed by atoms with Crippen molar-refractivity contribution in [1.29, 1.82) is 0 Å². The number of rotatable bonds is 5. The van der Waals surface area contributed by atoms with Gasteiger partial charge in [-0.1, -0.05) is 24.3 Å². The zero-order valence-corrected chi connectivity index (χ0v) is 19.5. The van der Waals surface area contributed by atoms with Gasteiger partial charge in [-0.2, -0.15) is 0 Å². The molecule has 0 saturated carbocycles. The SMILES string of the molecule is O=C(OC[C@@H]1CCCO1)c1ccc2c(c1)N(Cc1ccc(F)cc1)C(=O)c1ccccc1S2(=O)=O. The maximum absolute atomic E-state index is 13.6. The molecule has 1 saturated heterocycles. The molecule has 0 aliphatic carbocycles. The van der Waals surface area contributed by atoms with Gasteiger partial charge in [-0.3, -0.25) is 4.79 Å². The lowest BCUT2D eigenvalue weighted by atomic mass is 10.1. The maximum atomic E-state index is 13.6. The smallest absolute Gasteiger partial charge is 0.338 e. The molecule has 2 heterocycles. The van der Waals surface area contributed by atoms with Crippen LogP contribution < -0.4 is 4.90 Å². The van der Waals surface area contributed by atoms with Crippen LogP contribution in [0.25, 0.3) is 0 Å². The molecule has 180 valence electrons. The Balaban J connectivity index is 1.58. The third kappa shape index (κ3) is 4.44. The molecule has 2 aliphatic heterocycles. The summed E-state index contributed by atoms with van der Waals surface area (Å²) in [7, 11) is -4.07. The van der Waals surface area contributed by atoms with Gasteiger partial charge in [-0.15, -0.1) is 0 Å². The molecular weight excluding hydrogens is 473 g/mol. The van der Waals surface area contributed by atoms with Crippen LogP contribution in [0.5, 0.6) is 0 Å². The number of sulfone groups is 1. The predicted octanol–water partition coefficient (Wildman–Crippen LogP) is 4.15. The maximum Gasteiger partial charge on any atom is 0.338 e. The zero-order chi connectivity index (χ0) is 24.6. The number of ether oxygens (including phenoxy) is 2. The van der Waals surface area contributed by atoms with E-state index in [-0.39, 0.29) is 45.9 Å². The molecule has 5 rings (SSSR count). The Morgan fingerprint density at radius 2 is 1.83 bits per heavy atom. The molecule has 0 unspecified atom stereocenters. The molecule has 1 fully saturated rings. The van der Waals surface area contributed by atoms with Crippen LogP contribution in [-0.4, -0.2) is 39.6 Å². The number of hydrogen-bond donors (Lipinski definition) is 0. The van der Waals surface area contributed by atoms with E-state index < -0.39 is 27.5 Å². The van der Waals surface area contributed by atoms with Crippen molar-refractivity contribution in [3.05, 3.63) is 89.2 Å². The summed E-state index contributed by atoms with van der Waals surface area (Å²) in [4.78, 5) is 27.4. The number of anilines is 1. The molecule has 0 spiro atoms. The van der Waals surface area contributed by atoms with Gasteiger partial charge in [0.15, 0.2) is 0 Å². The Morgan fingerprint density at radius 1 is 1.06 bits per heavy atom. The van der Waals surface area contributed by atoms with E-state index in [4.69, 9.17) is 9.47 Å². The van der Waals surface area contributed by atoms with Crippen LogP contribution >= 0.6 is 0 Å². The van der Waals surface area contributed by atoms with Gasteiger partial charge < -0.3 is 14.4 Å². The number of hydrogen-bond acceptors (Lipinski definition) is 6. The summed E-state index contributed by atoms with van der Waals surface area (Å²) in [5.74, 6) is -1.62. The molecule has 7 nitrogen and oxygen atoms in total. The van der Waals surface area contributed by atoms with E-state index in [1.165, 1.54) is 59.5 Å². The second kappa shape index (κ2) is 9.24. The summed E-state index contributed by atoms with van der Waals surface area (Å²) in [5.41, 5.74) is 0.782. The van der Waals surface area contributed by atoms with Crippen LogP contribution in [0.4, 0.5) is 10.1 Å². The summed E-state index contributed by atoms with van der Waals surface area (Å²) < 4.78 is 51.4. The quantitative estimate of drug-likeness (QED) is 0.494. The molecule has 0 bridgehead atoms. The molecule has 3 aromatic rings. The first-order valence-corrected chi connectivity index (χ1v) is 12.7. The zero-order valence-electron chi connectivity index (χ0n) is 18.6. The summed E-state index contributed by atoms with van der Waals surface area (Å²) in [6, 6.07) is 15.6. The van der Waals surface area contributed by atoms with Gasteiger partial charge >= 0.3 is 5.97 Å². The minimum atomic E-state index is -4.07. The highest BCUT2D eigenvalue weighted by atomic mass is 32.2. The fourth-order valence-corrected chi connectivity index (χ4v) is 5.92. The molecule has 1 atom stereocenters. The van der Waals surface area contributed by atoms with Gasteiger partial charge in [0.2, 0.25) is 9.84 Å². The van der Waals surface area contributed by atoms with Crippen LogP contribution in [0, 0.1) is 5.82 Å². The number of benzene rings is 3. The number of halogens is 1. The van der Waals surface area contributed by atoms with Crippen molar-refractivity contribution in [2.75, 3.05) is 18.1 Å². The molecule has 35 heavy (non-hydrogen) atoms. The monoisotopic (exact) mass is 495 g/mol. The van der Waals surface area contributed by atoms with Crippen LogP contribution in [0.2, 0.25) is 0 Å². The van der Waals surface area contributed by atoms with Gasteiger partial charge in [-0.05, 0) is 60.9 Å². The minimum Gasteiger partial charge on any atom is -0.459 e. The van der Waals surface area contributed by atoms with Gasteiger partial charge in [0.05, 0.1) is 39.3 Å². The minimum absolute atomic E-state index is 0.0216. The second-order valence-corrected chi connectivity index (χ2v) is 10.3. The number of amides is 1. The Kier molecular flexibility index (Phi) is 6.12. The number of carbonyl (C=O) groups excluding carboxylic acids is 2. The van der Waals surface area contributed by atoms with Crippen LogP contribution in [0.1, 0.15) is 39.1 Å². The number of fused-ring (bicyclic) bond motifs is 2. The molecule has 0 aromatic heterocycles.